The fraction of sp³-hybridized carbons (Fsp3) is 0.708. The maximum atomic E-state index is 12.7. The molecular formula is C24H35NO5. The number of hydrogen-bond acceptors (Lipinski definition) is 5. The molecule has 3 aliphatic rings. The molecule has 3 heterocycles. The van der Waals surface area contributed by atoms with Crippen LogP contribution in [-0.4, -0.2) is 59.3 Å². The smallest absolute Gasteiger partial charge is 0.220 e. The number of rotatable bonds is 5. The van der Waals surface area contributed by atoms with Gasteiger partial charge in [-0.2, -0.15) is 0 Å². The van der Waals surface area contributed by atoms with E-state index >= 15 is 0 Å². The van der Waals surface area contributed by atoms with E-state index in [1.807, 2.05) is 25.1 Å². The van der Waals surface area contributed by atoms with Gasteiger partial charge in [-0.05, 0) is 62.8 Å². The van der Waals surface area contributed by atoms with E-state index in [1.54, 1.807) is 0 Å². The predicted octanol–water partition coefficient (Wildman–Crippen LogP) is 2.53. The van der Waals surface area contributed by atoms with Crippen molar-refractivity contribution >= 4 is 5.91 Å². The summed E-state index contributed by atoms with van der Waals surface area (Å²) in [6.07, 6.45) is 4.06. The van der Waals surface area contributed by atoms with Crippen molar-refractivity contribution in [1.29, 1.82) is 0 Å². The van der Waals surface area contributed by atoms with E-state index in [4.69, 9.17) is 9.47 Å². The molecule has 1 aromatic carbocycles. The molecule has 0 saturated carbocycles. The fourth-order valence-corrected chi connectivity index (χ4v) is 5.69. The van der Waals surface area contributed by atoms with Crippen LogP contribution < -0.4 is 5.32 Å². The summed E-state index contributed by atoms with van der Waals surface area (Å²) in [6.45, 7) is 3.28. The average molecular weight is 418 g/mol. The first-order valence-corrected chi connectivity index (χ1v) is 11.3. The Kier molecular flexibility index (Phi) is 6.49. The van der Waals surface area contributed by atoms with Gasteiger partial charge in [0.15, 0.2) is 0 Å². The van der Waals surface area contributed by atoms with Crippen LogP contribution in [0.25, 0.3) is 0 Å². The number of ether oxygens (including phenoxy) is 2. The van der Waals surface area contributed by atoms with Crippen molar-refractivity contribution in [3.8, 4) is 0 Å². The van der Waals surface area contributed by atoms with E-state index in [1.165, 1.54) is 5.56 Å². The molecule has 1 amide bonds. The maximum absolute atomic E-state index is 12.7. The van der Waals surface area contributed by atoms with Gasteiger partial charge in [-0.25, -0.2) is 0 Å². The normalized spacial score (nSPS) is 37.4. The molecule has 166 valence electrons. The minimum atomic E-state index is -0.825. The zero-order valence-electron chi connectivity index (χ0n) is 17.9. The largest absolute Gasteiger partial charge is 0.393 e. The topological polar surface area (TPSA) is 88.0 Å². The molecule has 3 saturated heterocycles. The lowest BCUT2D eigenvalue weighted by Crippen LogP contribution is -2.58. The van der Waals surface area contributed by atoms with Crippen LogP contribution in [0.4, 0.5) is 0 Å². The predicted molar refractivity (Wildman–Crippen MR) is 113 cm³/mol. The van der Waals surface area contributed by atoms with Crippen LogP contribution >= 0.6 is 0 Å². The van der Waals surface area contributed by atoms with Crippen molar-refractivity contribution in [3.05, 3.63) is 35.9 Å². The molecule has 5 atom stereocenters. The van der Waals surface area contributed by atoms with Gasteiger partial charge in [0.2, 0.25) is 5.91 Å². The van der Waals surface area contributed by atoms with Gasteiger partial charge in [0.05, 0.1) is 23.9 Å². The first-order chi connectivity index (χ1) is 14.4. The molecule has 3 fully saturated rings. The van der Waals surface area contributed by atoms with Crippen LogP contribution in [0, 0.1) is 5.92 Å². The van der Waals surface area contributed by atoms with Gasteiger partial charge < -0.3 is 25.0 Å². The average Bonchev–Trinajstić information content (AvgIpc) is 2.83. The Bertz CT molecular complexity index is 722. The van der Waals surface area contributed by atoms with Gasteiger partial charge >= 0.3 is 0 Å². The lowest BCUT2D eigenvalue weighted by atomic mass is 9.74. The van der Waals surface area contributed by atoms with Crippen molar-refractivity contribution in [3.63, 3.8) is 0 Å². The van der Waals surface area contributed by atoms with Crippen LogP contribution in [0.5, 0.6) is 0 Å². The van der Waals surface area contributed by atoms with Crippen LogP contribution in [0.15, 0.2) is 30.3 Å². The molecule has 0 spiro atoms. The van der Waals surface area contributed by atoms with Gasteiger partial charge in [-0.1, -0.05) is 30.3 Å². The van der Waals surface area contributed by atoms with Crippen LogP contribution in [-0.2, 0) is 14.3 Å². The molecule has 0 unspecified atom stereocenters. The molecule has 0 aromatic heterocycles. The fourth-order valence-electron chi connectivity index (χ4n) is 5.69. The number of fused-ring (bicyclic) bond motifs is 2. The molecular weight excluding hydrogens is 382 g/mol. The van der Waals surface area contributed by atoms with Crippen molar-refractivity contribution in [2.24, 2.45) is 5.92 Å². The first kappa shape index (κ1) is 21.8. The second-order valence-corrected chi connectivity index (χ2v) is 9.69. The molecule has 6 nitrogen and oxygen atoms in total. The van der Waals surface area contributed by atoms with Crippen molar-refractivity contribution in [2.75, 3.05) is 19.8 Å². The molecule has 4 rings (SSSR count). The summed E-state index contributed by atoms with van der Waals surface area (Å²) in [4.78, 5) is 12.7. The van der Waals surface area contributed by atoms with Gasteiger partial charge in [0.1, 0.15) is 6.10 Å². The summed E-state index contributed by atoms with van der Waals surface area (Å²) in [6, 6.07) is 9.89. The number of carbonyl (C=O) groups excluding carboxylic acids is 1. The third-order valence-corrected chi connectivity index (χ3v) is 7.36. The minimum absolute atomic E-state index is 0.0105. The number of aliphatic hydroxyl groups is 2. The van der Waals surface area contributed by atoms with E-state index in [2.05, 4.69) is 17.4 Å². The number of benzene rings is 1. The van der Waals surface area contributed by atoms with E-state index in [0.717, 1.165) is 32.5 Å². The maximum Gasteiger partial charge on any atom is 0.220 e. The monoisotopic (exact) mass is 417 g/mol. The SMILES string of the molecule is C[C@]12C[C@@H](c3ccccc3)C[C@](CO)(CC[C@@H](NC(=O)CC3CCOCC3)[C@@H]1O)O2. The molecule has 0 radical (unpaired) electrons. The standard InChI is InChI=1S/C24H35NO5/c1-23-14-19(18-5-3-2-4-6-18)15-24(16-26,30-23)10-7-20(22(23)28)25-21(27)13-17-8-11-29-12-9-17/h2-6,17,19-20,22,26,28H,7-16H2,1H3,(H,25,27)/t19-,20-,22+,23+,24+/m1/s1. The molecule has 6 heteroatoms. The highest BCUT2D eigenvalue weighted by molar-refractivity contribution is 5.76. The highest BCUT2D eigenvalue weighted by atomic mass is 16.5. The molecule has 2 bridgehead atoms. The molecule has 1 aromatic rings. The van der Waals surface area contributed by atoms with E-state index in [9.17, 15) is 15.0 Å². The van der Waals surface area contributed by atoms with Gasteiger partial charge in [0.25, 0.3) is 0 Å². The minimum Gasteiger partial charge on any atom is -0.393 e. The molecule has 0 aliphatic carbocycles. The Hall–Kier alpha value is -1.47. The first-order valence-electron chi connectivity index (χ1n) is 11.3. The van der Waals surface area contributed by atoms with Crippen LogP contribution in [0.1, 0.15) is 63.4 Å². The van der Waals surface area contributed by atoms with Crippen molar-refractivity contribution in [1.82, 2.24) is 5.32 Å². The number of nitrogens with one attached hydrogen (secondary N) is 1. The highest BCUT2D eigenvalue weighted by Gasteiger charge is 2.54. The van der Waals surface area contributed by atoms with E-state index in [-0.39, 0.29) is 24.5 Å². The zero-order chi connectivity index (χ0) is 21.2. The number of amides is 1. The lowest BCUT2D eigenvalue weighted by molar-refractivity contribution is -0.230. The number of hydrogen-bond donors (Lipinski definition) is 3. The lowest BCUT2D eigenvalue weighted by Gasteiger charge is -2.49. The quantitative estimate of drug-likeness (QED) is 0.685. The van der Waals surface area contributed by atoms with Gasteiger partial charge in [-0.3, -0.25) is 4.79 Å². The van der Waals surface area contributed by atoms with Gasteiger partial charge in [-0.15, -0.1) is 0 Å². The Morgan fingerprint density at radius 2 is 1.90 bits per heavy atom. The Labute approximate surface area is 179 Å². The number of aliphatic hydroxyl groups excluding tert-OH is 2. The van der Waals surface area contributed by atoms with Crippen molar-refractivity contribution in [2.45, 2.75) is 81.1 Å². The van der Waals surface area contributed by atoms with Gasteiger partial charge in [0, 0.05) is 19.6 Å². The summed E-state index contributed by atoms with van der Waals surface area (Å²) < 4.78 is 11.8. The third kappa shape index (κ3) is 4.57. The van der Waals surface area contributed by atoms with Crippen LogP contribution in [0.3, 0.4) is 0 Å². The van der Waals surface area contributed by atoms with E-state index in [0.29, 0.717) is 31.6 Å². The Morgan fingerprint density at radius 1 is 1.17 bits per heavy atom. The zero-order valence-corrected chi connectivity index (χ0v) is 17.9. The van der Waals surface area contributed by atoms with E-state index < -0.39 is 17.3 Å². The van der Waals surface area contributed by atoms with Crippen LogP contribution in [0.2, 0.25) is 0 Å². The van der Waals surface area contributed by atoms with Crippen molar-refractivity contribution < 1.29 is 24.5 Å². The molecule has 3 N–H and O–H groups in total. The number of carbonyl (C=O) groups is 1. The summed E-state index contributed by atoms with van der Waals surface area (Å²) in [5.74, 6) is 0.533. The summed E-state index contributed by atoms with van der Waals surface area (Å²) >= 11 is 0. The molecule has 3 aliphatic heterocycles. The second-order valence-electron chi connectivity index (χ2n) is 9.69. The Balaban J connectivity index is 1.49. The summed E-state index contributed by atoms with van der Waals surface area (Å²) in [7, 11) is 0. The second kappa shape index (κ2) is 8.95. The highest BCUT2D eigenvalue weighted by Crippen LogP contribution is 2.49. The Morgan fingerprint density at radius 3 is 2.60 bits per heavy atom. The molecule has 30 heavy (non-hydrogen) atoms. The summed E-state index contributed by atoms with van der Waals surface area (Å²) in [5.41, 5.74) is -0.303. The summed E-state index contributed by atoms with van der Waals surface area (Å²) in [5, 5.41) is 24.7. The third-order valence-electron chi connectivity index (χ3n) is 7.36.